The van der Waals surface area contributed by atoms with Gasteiger partial charge in [0, 0.05) is 14.1 Å². The predicted molar refractivity (Wildman–Crippen MR) is 123 cm³/mol. The zero-order valence-electron chi connectivity index (χ0n) is 21.8. The summed E-state index contributed by atoms with van der Waals surface area (Å²) in [5.74, 6) is -17.6. The molecule has 0 radical (unpaired) electrons. The second-order valence-corrected chi connectivity index (χ2v) is 9.17. The predicted octanol–water partition coefficient (Wildman–Crippen LogP) is 5.98. The van der Waals surface area contributed by atoms with Crippen LogP contribution in [0.15, 0.2) is 0 Å². The van der Waals surface area contributed by atoms with E-state index < -0.39 is 48.9 Å². The van der Waals surface area contributed by atoms with Crippen LogP contribution < -0.4 is 0 Å². The fourth-order valence-electron chi connectivity index (χ4n) is 3.40. The molecule has 218 valence electrons. The summed E-state index contributed by atoms with van der Waals surface area (Å²) < 4.78 is 94.7. The average molecular weight is 553 g/mol. The van der Waals surface area contributed by atoms with Crippen LogP contribution in [0.3, 0.4) is 0 Å². The van der Waals surface area contributed by atoms with E-state index in [4.69, 9.17) is 4.74 Å². The molecule has 0 atom stereocenters. The number of carbonyl (C=O) groups is 3. The molecule has 6 nitrogen and oxygen atoms in total. The molecule has 0 aliphatic heterocycles. The average Bonchev–Trinajstić information content (AvgIpc) is 2.80. The van der Waals surface area contributed by atoms with Crippen LogP contribution >= 0.6 is 0 Å². The fraction of sp³-hybridized carbons (Fsp3) is 0.875. The first kappa shape index (κ1) is 34.9. The second-order valence-electron chi connectivity index (χ2n) is 9.17. The molecule has 0 aromatic rings. The van der Waals surface area contributed by atoms with Gasteiger partial charge in [-0.25, -0.2) is 0 Å². The van der Waals surface area contributed by atoms with Gasteiger partial charge in [0.25, 0.3) is 5.91 Å². The number of hydrogen-bond acceptors (Lipinski definition) is 4. The number of carbonyl (C=O) groups excluding carboxylic acids is 3. The molecular weight excluding hydrogens is 513 g/mol. The molecular formula is C24H39F7N2O4. The van der Waals surface area contributed by atoms with Gasteiger partial charge in [-0.3, -0.25) is 14.4 Å². The Morgan fingerprint density at radius 1 is 0.649 bits per heavy atom. The van der Waals surface area contributed by atoms with E-state index in [0.29, 0.717) is 18.4 Å². The molecule has 13 heteroatoms. The zero-order chi connectivity index (χ0) is 28.7. The van der Waals surface area contributed by atoms with Crippen LogP contribution in [-0.4, -0.2) is 79.4 Å². The highest BCUT2D eigenvalue weighted by atomic mass is 19.4. The number of rotatable bonds is 19. The van der Waals surface area contributed by atoms with Crippen molar-refractivity contribution in [1.82, 2.24) is 9.80 Å². The second kappa shape index (κ2) is 16.7. The quantitative estimate of drug-likeness (QED) is 0.112. The highest BCUT2D eigenvalue weighted by Crippen LogP contribution is 2.47. The molecule has 0 aliphatic rings. The van der Waals surface area contributed by atoms with Crippen molar-refractivity contribution in [3.8, 4) is 0 Å². The Labute approximate surface area is 213 Å². The highest BCUT2D eigenvalue weighted by Gasteiger charge is 2.76. The Balaban J connectivity index is 4.18. The van der Waals surface area contributed by atoms with Gasteiger partial charge in [0.15, 0.2) is 0 Å². The maximum atomic E-state index is 13.5. The van der Waals surface area contributed by atoms with Crippen LogP contribution in [0.4, 0.5) is 30.7 Å². The van der Waals surface area contributed by atoms with E-state index in [9.17, 15) is 45.1 Å². The SMILES string of the molecule is CCCCCCCCCCCCCCOC(=O)CN(C)C(=O)CN(C)C(=O)C(F)(F)C(F)(F)C(F)(F)F. The van der Waals surface area contributed by atoms with E-state index in [-0.39, 0.29) is 11.5 Å². The molecule has 0 N–H and O–H groups in total. The van der Waals surface area contributed by atoms with E-state index in [1.54, 1.807) is 0 Å². The van der Waals surface area contributed by atoms with E-state index in [2.05, 4.69) is 6.92 Å². The van der Waals surface area contributed by atoms with Gasteiger partial charge < -0.3 is 14.5 Å². The summed E-state index contributed by atoms with van der Waals surface area (Å²) in [5, 5.41) is 0. The van der Waals surface area contributed by atoms with Crippen molar-refractivity contribution < 1.29 is 49.9 Å². The van der Waals surface area contributed by atoms with Gasteiger partial charge in [-0.05, 0) is 6.42 Å². The third-order valence-electron chi connectivity index (χ3n) is 5.79. The number of unbranched alkanes of at least 4 members (excludes halogenated alkanes) is 11. The topological polar surface area (TPSA) is 66.9 Å². The number of nitrogens with zero attached hydrogens (tertiary/aromatic N) is 2. The van der Waals surface area contributed by atoms with E-state index in [1.807, 2.05) is 0 Å². The maximum absolute atomic E-state index is 13.5. The van der Waals surface area contributed by atoms with Gasteiger partial charge in [-0.1, -0.05) is 77.6 Å². The van der Waals surface area contributed by atoms with Crippen LogP contribution in [0.2, 0.25) is 0 Å². The molecule has 0 spiro atoms. The highest BCUT2D eigenvalue weighted by molar-refractivity contribution is 5.90. The van der Waals surface area contributed by atoms with E-state index in [1.165, 1.54) is 44.9 Å². The van der Waals surface area contributed by atoms with Crippen LogP contribution in [0, 0.1) is 0 Å². The minimum atomic E-state index is -6.68. The van der Waals surface area contributed by atoms with Gasteiger partial charge >= 0.3 is 24.0 Å². The monoisotopic (exact) mass is 552 g/mol. The summed E-state index contributed by atoms with van der Waals surface area (Å²) in [6.45, 7) is 0.430. The normalized spacial score (nSPS) is 12.4. The van der Waals surface area contributed by atoms with Crippen LogP contribution in [0.1, 0.15) is 84.0 Å². The van der Waals surface area contributed by atoms with Crippen molar-refractivity contribution >= 4 is 17.8 Å². The van der Waals surface area contributed by atoms with Gasteiger partial charge in [-0.2, -0.15) is 30.7 Å². The Kier molecular flexibility index (Phi) is 15.8. The summed E-state index contributed by atoms with van der Waals surface area (Å²) in [4.78, 5) is 35.8. The summed E-state index contributed by atoms with van der Waals surface area (Å²) in [6.07, 6.45) is 6.80. The smallest absolute Gasteiger partial charge is 0.460 e. The minimum Gasteiger partial charge on any atom is -0.464 e. The third kappa shape index (κ3) is 12.3. The lowest BCUT2D eigenvalue weighted by molar-refractivity contribution is -0.345. The summed E-state index contributed by atoms with van der Waals surface area (Å²) in [7, 11) is 1.54. The first-order valence-corrected chi connectivity index (χ1v) is 12.6. The molecule has 0 saturated carbocycles. The fourth-order valence-corrected chi connectivity index (χ4v) is 3.40. The van der Waals surface area contributed by atoms with Crippen molar-refractivity contribution in [3.05, 3.63) is 0 Å². The number of halogens is 7. The standard InChI is InChI=1S/C24H39F7N2O4/c1-4-5-6-7-8-9-10-11-12-13-14-15-16-37-20(35)18-32(2)19(34)17-33(3)21(36)22(25,26)23(27,28)24(29,30)31/h4-18H2,1-3H3. The van der Waals surface area contributed by atoms with Crippen LogP contribution in [0.25, 0.3) is 0 Å². The number of alkyl halides is 7. The Morgan fingerprint density at radius 3 is 1.51 bits per heavy atom. The van der Waals surface area contributed by atoms with Gasteiger partial charge in [0.05, 0.1) is 13.2 Å². The molecule has 0 unspecified atom stereocenters. The van der Waals surface area contributed by atoms with Crippen molar-refractivity contribution in [2.45, 2.75) is 102 Å². The summed E-state index contributed by atoms with van der Waals surface area (Å²) >= 11 is 0. The molecule has 0 saturated heterocycles. The lowest BCUT2D eigenvalue weighted by Gasteiger charge is -2.30. The van der Waals surface area contributed by atoms with Crippen molar-refractivity contribution in [2.24, 2.45) is 0 Å². The van der Waals surface area contributed by atoms with Gasteiger partial charge in [-0.15, -0.1) is 0 Å². The van der Waals surface area contributed by atoms with Gasteiger partial charge in [0.2, 0.25) is 5.91 Å². The maximum Gasteiger partial charge on any atom is 0.460 e. The zero-order valence-corrected chi connectivity index (χ0v) is 21.8. The molecule has 0 aromatic heterocycles. The molecule has 0 bridgehead atoms. The lowest BCUT2D eigenvalue weighted by atomic mass is 10.1. The molecule has 0 heterocycles. The molecule has 0 aliphatic carbocycles. The Hall–Kier alpha value is -2.08. The molecule has 0 rings (SSSR count). The van der Waals surface area contributed by atoms with Gasteiger partial charge in [0.1, 0.15) is 6.54 Å². The first-order chi connectivity index (χ1) is 17.1. The first-order valence-electron chi connectivity index (χ1n) is 12.6. The Bertz CT molecular complexity index is 703. The van der Waals surface area contributed by atoms with Crippen molar-refractivity contribution in [3.63, 3.8) is 0 Å². The molecule has 2 amide bonds. The summed E-state index contributed by atoms with van der Waals surface area (Å²) in [5.41, 5.74) is 0. The number of esters is 1. The van der Waals surface area contributed by atoms with Crippen LogP contribution in [0.5, 0.6) is 0 Å². The van der Waals surface area contributed by atoms with Crippen molar-refractivity contribution in [1.29, 1.82) is 0 Å². The molecule has 37 heavy (non-hydrogen) atoms. The number of amides is 2. The Morgan fingerprint density at radius 2 is 1.08 bits per heavy atom. The summed E-state index contributed by atoms with van der Waals surface area (Å²) in [6, 6.07) is 0. The number of hydrogen-bond donors (Lipinski definition) is 0. The molecule has 0 aromatic carbocycles. The lowest BCUT2D eigenvalue weighted by Crippen LogP contribution is -2.60. The van der Waals surface area contributed by atoms with E-state index in [0.717, 1.165) is 32.7 Å². The molecule has 0 fully saturated rings. The van der Waals surface area contributed by atoms with Crippen LogP contribution in [-0.2, 0) is 19.1 Å². The number of likely N-dealkylation sites (N-methyl/N-ethyl adjacent to an activating group) is 2. The minimum absolute atomic E-state index is 0.107. The largest absolute Gasteiger partial charge is 0.464 e. The van der Waals surface area contributed by atoms with Crippen molar-refractivity contribution in [2.75, 3.05) is 33.8 Å². The third-order valence-corrected chi connectivity index (χ3v) is 5.79. The van der Waals surface area contributed by atoms with E-state index >= 15 is 0 Å². The number of ether oxygens (including phenoxy) is 1.